The van der Waals surface area contributed by atoms with Crippen LogP contribution in [0.4, 0.5) is 0 Å². The van der Waals surface area contributed by atoms with E-state index in [2.05, 4.69) is 6.58 Å². The molecule has 1 nitrogen and oxygen atoms in total. The molecule has 0 saturated heterocycles. The van der Waals surface area contributed by atoms with Gasteiger partial charge in [0, 0.05) is 5.88 Å². The van der Waals surface area contributed by atoms with Crippen molar-refractivity contribution in [2.45, 2.75) is 25.4 Å². The van der Waals surface area contributed by atoms with Gasteiger partial charge in [-0.1, -0.05) is 35.9 Å². The molecular formula is C13H17ClO. The summed E-state index contributed by atoms with van der Waals surface area (Å²) in [5.41, 5.74) is 1.23. The predicted octanol–water partition coefficient (Wildman–Crippen LogP) is 3.39. The van der Waals surface area contributed by atoms with Crippen LogP contribution >= 0.6 is 11.6 Å². The molecule has 1 atom stereocenters. The summed E-state index contributed by atoms with van der Waals surface area (Å²) < 4.78 is 0. The largest absolute Gasteiger partial charge is 0.385 e. The lowest BCUT2D eigenvalue weighted by molar-refractivity contribution is 0.0365. The molecule has 1 N–H and O–H groups in total. The Morgan fingerprint density at radius 2 is 2.00 bits per heavy atom. The molecule has 0 aliphatic heterocycles. The third kappa shape index (κ3) is 3.08. The van der Waals surface area contributed by atoms with E-state index in [-0.39, 0.29) is 0 Å². The van der Waals surface area contributed by atoms with Gasteiger partial charge < -0.3 is 5.11 Å². The average Bonchev–Trinajstić information content (AvgIpc) is 2.19. The predicted molar refractivity (Wildman–Crippen MR) is 65.2 cm³/mol. The van der Waals surface area contributed by atoms with E-state index in [0.717, 1.165) is 5.56 Å². The second-order valence-corrected chi connectivity index (χ2v) is 4.21. The van der Waals surface area contributed by atoms with Gasteiger partial charge in [-0.2, -0.15) is 0 Å². The minimum absolute atomic E-state index is 0.443. The molecule has 0 radical (unpaired) electrons. The van der Waals surface area contributed by atoms with E-state index in [4.69, 9.17) is 11.6 Å². The number of hydrogen-bond donors (Lipinski definition) is 1. The quantitative estimate of drug-likeness (QED) is 0.601. The van der Waals surface area contributed by atoms with Gasteiger partial charge in [0.15, 0.2) is 0 Å². The van der Waals surface area contributed by atoms with Crippen molar-refractivity contribution in [2.75, 3.05) is 5.88 Å². The first-order chi connectivity index (χ1) is 7.12. The maximum atomic E-state index is 10.4. The lowest BCUT2D eigenvalue weighted by Gasteiger charge is -2.26. The number of rotatable bonds is 5. The standard InChI is InChI=1S/C13H17ClO/c1-3-8-13(15,9-10-14)12-6-4-11(2)5-7-12/h3-7,15H,1,8-10H2,2H3. The van der Waals surface area contributed by atoms with Gasteiger partial charge in [-0.15, -0.1) is 18.2 Å². The lowest BCUT2D eigenvalue weighted by atomic mass is 9.87. The van der Waals surface area contributed by atoms with Crippen LogP contribution in [0.25, 0.3) is 0 Å². The van der Waals surface area contributed by atoms with Crippen LogP contribution < -0.4 is 0 Å². The van der Waals surface area contributed by atoms with Crippen LogP contribution in [0, 0.1) is 6.92 Å². The fourth-order valence-corrected chi connectivity index (χ4v) is 1.94. The molecule has 2 heteroatoms. The molecule has 0 fully saturated rings. The highest BCUT2D eigenvalue weighted by Crippen LogP contribution is 2.29. The minimum atomic E-state index is -0.864. The third-order valence-corrected chi connectivity index (χ3v) is 2.77. The molecule has 0 aromatic heterocycles. The summed E-state index contributed by atoms with van der Waals surface area (Å²) in [6.45, 7) is 5.69. The SMILES string of the molecule is C=CCC(O)(CCCl)c1ccc(C)cc1. The summed E-state index contributed by atoms with van der Waals surface area (Å²) in [5.74, 6) is 0.443. The number of aryl methyl sites for hydroxylation is 1. The molecule has 0 saturated carbocycles. The highest BCUT2D eigenvalue weighted by Gasteiger charge is 2.26. The van der Waals surface area contributed by atoms with Crippen LogP contribution in [0.5, 0.6) is 0 Å². The third-order valence-electron chi connectivity index (χ3n) is 2.58. The molecule has 0 amide bonds. The van der Waals surface area contributed by atoms with E-state index in [9.17, 15) is 5.11 Å². The van der Waals surface area contributed by atoms with Gasteiger partial charge in [0.25, 0.3) is 0 Å². The summed E-state index contributed by atoms with van der Waals surface area (Å²) in [4.78, 5) is 0. The summed E-state index contributed by atoms with van der Waals surface area (Å²) in [5, 5.41) is 10.4. The number of benzene rings is 1. The minimum Gasteiger partial charge on any atom is -0.385 e. The van der Waals surface area contributed by atoms with Gasteiger partial charge in [0.2, 0.25) is 0 Å². The fourth-order valence-electron chi connectivity index (χ4n) is 1.62. The Balaban J connectivity index is 2.97. The van der Waals surface area contributed by atoms with E-state index in [1.54, 1.807) is 6.08 Å². The molecule has 0 aliphatic carbocycles. The number of alkyl halides is 1. The lowest BCUT2D eigenvalue weighted by Crippen LogP contribution is -2.25. The molecule has 1 unspecified atom stereocenters. The maximum absolute atomic E-state index is 10.4. The van der Waals surface area contributed by atoms with Crippen molar-refractivity contribution in [3.05, 3.63) is 48.0 Å². The van der Waals surface area contributed by atoms with Crippen molar-refractivity contribution >= 4 is 11.6 Å². The second kappa shape index (κ2) is 5.34. The molecule has 0 aliphatic rings. The summed E-state index contributed by atoms with van der Waals surface area (Å²) in [6.07, 6.45) is 2.80. The first-order valence-electron chi connectivity index (χ1n) is 5.09. The average molecular weight is 225 g/mol. The molecule has 1 aromatic rings. The Morgan fingerprint density at radius 1 is 1.40 bits per heavy atom. The van der Waals surface area contributed by atoms with E-state index < -0.39 is 5.60 Å². The molecule has 1 rings (SSSR count). The smallest absolute Gasteiger partial charge is 0.0942 e. The van der Waals surface area contributed by atoms with Crippen molar-refractivity contribution in [1.82, 2.24) is 0 Å². The number of aliphatic hydroxyl groups is 1. The van der Waals surface area contributed by atoms with Crippen LogP contribution in [0.15, 0.2) is 36.9 Å². The van der Waals surface area contributed by atoms with Crippen molar-refractivity contribution in [3.63, 3.8) is 0 Å². The van der Waals surface area contributed by atoms with Crippen LogP contribution in [-0.2, 0) is 5.60 Å². The Bertz CT molecular complexity index is 318. The van der Waals surface area contributed by atoms with E-state index in [1.807, 2.05) is 31.2 Å². The maximum Gasteiger partial charge on any atom is 0.0942 e. The topological polar surface area (TPSA) is 20.2 Å². The van der Waals surface area contributed by atoms with Gasteiger partial charge in [0.05, 0.1) is 5.60 Å². The molecule has 0 spiro atoms. The molecule has 0 bridgehead atoms. The van der Waals surface area contributed by atoms with E-state index >= 15 is 0 Å². The molecule has 0 heterocycles. The number of halogens is 1. The molecule has 1 aromatic carbocycles. The van der Waals surface area contributed by atoms with Crippen molar-refractivity contribution in [1.29, 1.82) is 0 Å². The number of hydrogen-bond acceptors (Lipinski definition) is 1. The van der Waals surface area contributed by atoms with Crippen molar-refractivity contribution in [3.8, 4) is 0 Å². The van der Waals surface area contributed by atoms with Crippen LogP contribution in [-0.4, -0.2) is 11.0 Å². The normalized spacial score (nSPS) is 14.6. The first kappa shape index (κ1) is 12.3. The van der Waals surface area contributed by atoms with Gasteiger partial charge >= 0.3 is 0 Å². The Kier molecular flexibility index (Phi) is 4.37. The van der Waals surface area contributed by atoms with Crippen LogP contribution in [0.3, 0.4) is 0 Å². The second-order valence-electron chi connectivity index (χ2n) is 3.83. The van der Waals surface area contributed by atoms with Crippen molar-refractivity contribution in [2.24, 2.45) is 0 Å². The van der Waals surface area contributed by atoms with Gasteiger partial charge in [-0.3, -0.25) is 0 Å². The van der Waals surface area contributed by atoms with Crippen molar-refractivity contribution < 1.29 is 5.11 Å². The zero-order valence-electron chi connectivity index (χ0n) is 9.04. The zero-order valence-corrected chi connectivity index (χ0v) is 9.80. The monoisotopic (exact) mass is 224 g/mol. The Labute approximate surface area is 96.4 Å². The highest BCUT2D eigenvalue weighted by atomic mass is 35.5. The summed E-state index contributed by atoms with van der Waals surface area (Å²) >= 11 is 5.71. The van der Waals surface area contributed by atoms with Gasteiger partial charge in [-0.05, 0) is 25.3 Å². The van der Waals surface area contributed by atoms with E-state index in [0.29, 0.717) is 18.7 Å². The molecule has 82 valence electrons. The molecule has 15 heavy (non-hydrogen) atoms. The molecular weight excluding hydrogens is 208 g/mol. The van der Waals surface area contributed by atoms with E-state index in [1.165, 1.54) is 5.56 Å². The highest BCUT2D eigenvalue weighted by molar-refractivity contribution is 6.17. The fraction of sp³-hybridized carbons (Fsp3) is 0.385. The Morgan fingerprint density at radius 3 is 2.47 bits per heavy atom. The van der Waals surface area contributed by atoms with Gasteiger partial charge in [0.1, 0.15) is 0 Å². The van der Waals surface area contributed by atoms with Crippen LogP contribution in [0.2, 0.25) is 0 Å². The summed E-state index contributed by atoms with van der Waals surface area (Å²) in [7, 11) is 0. The van der Waals surface area contributed by atoms with Crippen LogP contribution in [0.1, 0.15) is 24.0 Å². The zero-order chi connectivity index (χ0) is 11.3. The van der Waals surface area contributed by atoms with Gasteiger partial charge in [-0.25, -0.2) is 0 Å². The summed E-state index contributed by atoms with van der Waals surface area (Å²) in [6, 6.07) is 7.89. The first-order valence-corrected chi connectivity index (χ1v) is 5.62. The Hall–Kier alpha value is -0.790.